The van der Waals surface area contributed by atoms with Gasteiger partial charge in [-0.15, -0.1) is 16.8 Å². The first-order valence-corrected chi connectivity index (χ1v) is 8.23. The molecule has 0 aliphatic heterocycles. The number of allylic oxidation sites excluding steroid dienone is 1. The molecule has 0 unspecified atom stereocenters. The van der Waals surface area contributed by atoms with E-state index in [1.165, 1.54) is 11.8 Å². The highest BCUT2D eigenvalue weighted by Gasteiger charge is 2.20. The highest BCUT2D eigenvalue weighted by molar-refractivity contribution is 7.99. The van der Waals surface area contributed by atoms with Gasteiger partial charge in [0.15, 0.2) is 11.0 Å². The van der Waals surface area contributed by atoms with Crippen molar-refractivity contribution in [1.29, 1.82) is 0 Å². The molecule has 0 saturated heterocycles. The second kappa shape index (κ2) is 7.04. The third kappa shape index (κ3) is 4.48. The summed E-state index contributed by atoms with van der Waals surface area (Å²) in [5, 5.41) is 9.05. The number of aromatic nitrogens is 3. The molecule has 0 saturated carbocycles. The molecule has 2 rings (SSSR count). The van der Waals surface area contributed by atoms with Crippen LogP contribution in [0.2, 0.25) is 0 Å². The molecule has 6 nitrogen and oxygen atoms in total. The zero-order valence-electron chi connectivity index (χ0n) is 13.8. The van der Waals surface area contributed by atoms with Gasteiger partial charge >= 0.3 is 5.97 Å². The summed E-state index contributed by atoms with van der Waals surface area (Å²) < 4.78 is 12.5. The van der Waals surface area contributed by atoms with Gasteiger partial charge < -0.3 is 9.15 Å². The summed E-state index contributed by atoms with van der Waals surface area (Å²) in [4.78, 5) is 11.9. The van der Waals surface area contributed by atoms with Crippen LogP contribution in [-0.2, 0) is 16.1 Å². The predicted molar refractivity (Wildman–Crippen MR) is 89.2 cm³/mol. The van der Waals surface area contributed by atoms with E-state index in [1.807, 2.05) is 38.3 Å². The predicted octanol–water partition coefficient (Wildman–Crippen LogP) is 3.47. The van der Waals surface area contributed by atoms with E-state index in [9.17, 15) is 4.79 Å². The van der Waals surface area contributed by atoms with Crippen molar-refractivity contribution in [3.8, 4) is 11.4 Å². The third-order valence-corrected chi connectivity index (χ3v) is 3.81. The molecule has 7 heteroatoms. The van der Waals surface area contributed by atoms with Crippen molar-refractivity contribution < 1.29 is 13.9 Å². The molecule has 0 N–H and O–H groups in total. The van der Waals surface area contributed by atoms with Crippen molar-refractivity contribution in [2.24, 2.45) is 0 Å². The minimum atomic E-state index is -0.495. The molecule has 0 amide bonds. The van der Waals surface area contributed by atoms with Gasteiger partial charge in [-0.05, 0) is 33.8 Å². The number of aryl methyl sites for hydroxylation is 1. The largest absolute Gasteiger partial charge is 0.469 e. The third-order valence-electron chi connectivity index (χ3n) is 2.87. The van der Waals surface area contributed by atoms with Crippen LogP contribution < -0.4 is 0 Å². The fourth-order valence-corrected chi connectivity index (χ4v) is 2.72. The first kappa shape index (κ1) is 17.3. The summed E-state index contributed by atoms with van der Waals surface area (Å²) in [7, 11) is 0. The zero-order chi connectivity index (χ0) is 17.0. The van der Waals surface area contributed by atoms with Crippen molar-refractivity contribution >= 4 is 17.7 Å². The van der Waals surface area contributed by atoms with E-state index in [4.69, 9.17) is 9.15 Å². The number of rotatable bonds is 6. The molecule has 0 aliphatic rings. The van der Waals surface area contributed by atoms with E-state index in [-0.39, 0.29) is 11.7 Å². The van der Waals surface area contributed by atoms with E-state index in [2.05, 4.69) is 16.8 Å². The van der Waals surface area contributed by atoms with Gasteiger partial charge in [0, 0.05) is 6.54 Å². The SMILES string of the molecule is C=CCn1c(SCC(=O)OC(C)(C)C)nnc1-c1ccoc1C. The van der Waals surface area contributed by atoms with Gasteiger partial charge in [-0.2, -0.15) is 0 Å². The number of carbonyl (C=O) groups is 1. The molecule has 2 aromatic rings. The van der Waals surface area contributed by atoms with Crippen LogP contribution in [0.15, 0.2) is 34.6 Å². The molecule has 0 aromatic carbocycles. The maximum atomic E-state index is 11.9. The second-order valence-electron chi connectivity index (χ2n) is 5.97. The Kier molecular flexibility index (Phi) is 5.30. The van der Waals surface area contributed by atoms with Crippen LogP contribution in [0.1, 0.15) is 26.5 Å². The first-order chi connectivity index (χ1) is 10.8. The summed E-state index contributed by atoms with van der Waals surface area (Å²) in [6.07, 6.45) is 3.38. The lowest BCUT2D eigenvalue weighted by atomic mass is 10.2. The van der Waals surface area contributed by atoms with Gasteiger partial charge in [0.25, 0.3) is 0 Å². The molecule has 0 radical (unpaired) electrons. The summed E-state index contributed by atoms with van der Waals surface area (Å²) in [6, 6.07) is 1.85. The second-order valence-corrected chi connectivity index (χ2v) is 6.91. The van der Waals surface area contributed by atoms with Gasteiger partial charge in [-0.1, -0.05) is 17.8 Å². The maximum Gasteiger partial charge on any atom is 0.316 e. The first-order valence-electron chi connectivity index (χ1n) is 7.25. The van der Waals surface area contributed by atoms with Crippen molar-refractivity contribution in [3.63, 3.8) is 0 Å². The van der Waals surface area contributed by atoms with Crippen LogP contribution in [0, 0.1) is 6.92 Å². The Morgan fingerprint density at radius 2 is 2.22 bits per heavy atom. The monoisotopic (exact) mass is 335 g/mol. The normalized spacial score (nSPS) is 11.5. The number of carbonyl (C=O) groups excluding carboxylic acids is 1. The molecule has 0 spiro atoms. The van der Waals surface area contributed by atoms with Gasteiger partial charge in [0.1, 0.15) is 11.4 Å². The van der Waals surface area contributed by atoms with Crippen LogP contribution in [-0.4, -0.2) is 32.1 Å². The molecule has 0 fully saturated rings. The summed E-state index contributed by atoms with van der Waals surface area (Å²) >= 11 is 1.30. The zero-order valence-corrected chi connectivity index (χ0v) is 14.6. The standard InChI is InChI=1S/C16H21N3O3S/c1-6-8-19-14(12-7-9-21-11(12)2)17-18-15(19)23-10-13(20)22-16(3,4)5/h6-7,9H,1,8,10H2,2-5H3. The van der Waals surface area contributed by atoms with E-state index in [0.717, 1.165) is 11.3 Å². The molecule has 2 heterocycles. The number of esters is 1. The Bertz CT molecular complexity index is 698. The molecular formula is C16H21N3O3S. The average molecular weight is 335 g/mol. The van der Waals surface area contributed by atoms with Crippen LogP contribution in [0.5, 0.6) is 0 Å². The molecule has 0 bridgehead atoms. The van der Waals surface area contributed by atoms with Crippen molar-refractivity contribution in [2.75, 3.05) is 5.75 Å². The maximum absolute atomic E-state index is 11.9. The number of nitrogens with zero attached hydrogens (tertiary/aromatic N) is 3. The molecular weight excluding hydrogens is 314 g/mol. The smallest absolute Gasteiger partial charge is 0.316 e. The molecule has 0 atom stereocenters. The molecule has 23 heavy (non-hydrogen) atoms. The van der Waals surface area contributed by atoms with Crippen LogP contribution in [0.4, 0.5) is 0 Å². The van der Waals surface area contributed by atoms with Gasteiger partial charge in [-0.3, -0.25) is 9.36 Å². The Labute approximate surface area is 139 Å². The lowest BCUT2D eigenvalue weighted by Gasteiger charge is -2.19. The fourth-order valence-electron chi connectivity index (χ4n) is 2.00. The topological polar surface area (TPSA) is 70.2 Å². The van der Waals surface area contributed by atoms with Crippen LogP contribution >= 0.6 is 11.8 Å². The van der Waals surface area contributed by atoms with E-state index in [0.29, 0.717) is 17.5 Å². The average Bonchev–Trinajstić information content (AvgIpc) is 3.01. The highest BCUT2D eigenvalue weighted by Crippen LogP contribution is 2.27. The van der Waals surface area contributed by atoms with Crippen molar-refractivity contribution in [3.05, 3.63) is 30.7 Å². The Hall–Kier alpha value is -2.02. The van der Waals surface area contributed by atoms with Crippen LogP contribution in [0.25, 0.3) is 11.4 Å². The van der Waals surface area contributed by atoms with E-state index in [1.54, 1.807) is 12.3 Å². The van der Waals surface area contributed by atoms with Gasteiger partial charge in [-0.25, -0.2) is 0 Å². The lowest BCUT2D eigenvalue weighted by Crippen LogP contribution is -2.25. The van der Waals surface area contributed by atoms with Crippen molar-refractivity contribution in [2.45, 2.75) is 45.0 Å². The summed E-state index contributed by atoms with van der Waals surface area (Å²) in [5.41, 5.74) is 0.384. The van der Waals surface area contributed by atoms with Crippen LogP contribution in [0.3, 0.4) is 0 Å². The summed E-state index contributed by atoms with van der Waals surface area (Å²) in [6.45, 7) is 11.7. The Morgan fingerprint density at radius 3 is 2.78 bits per heavy atom. The minimum absolute atomic E-state index is 0.177. The molecule has 2 aromatic heterocycles. The Balaban J connectivity index is 2.17. The van der Waals surface area contributed by atoms with Gasteiger partial charge in [0.05, 0.1) is 17.6 Å². The highest BCUT2D eigenvalue weighted by atomic mass is 32.2. The van der Waals surface area contributed by atoms with Gasteiger partial charge in [0.2, 0.25) is 0 Å². The molecule has 0 aliphatic carbocycles. The number of furan rings is 1. The molecule has 124 valence electrons. The quantitative estimate of drug-likeness (QED) is 0.457. The number of hydrogen-bond donors (Lipinski definition) is 0. The summed E-state index contributed by atoms with van der Waals surface area (Å²) in [5.74, 6) is 1.36. The number of hydrogen-bond acceptors (Lipinski definition) is 6. The lowest BCUT2D eigenvalue weighted by molar-refractivity contribution is -0.151. The van der Waals surface area contributed by atoms with Crippen molar-refractivity contribution in [1.82, 2.24) is 14.8 Å². The Morgan fingerprint density at radius 1 is 1.48 bits per heavy atom. The number of ether oxygens (including phenoxy) is 1. The van der Waals surface area contributed by atoms with E-state index >= 15 is 0 Å². The fraction of sp³-hybridized carbons (Fsp3) is 0.438. The minimum Gasteiger partial charge on any atom is -0.469 e. The number of thioether (sulfide) groups is 1. The van der Waals surface area contributed by atoms with E-state index < -0.39 is 5.60 Å².